The molecule has 10 nitrogen and oxygen atoms in total. The van der Waals surface area contributed by atoms with Gasteiger partial charge in [-0.15, -0.1) is 6.42 Å². The van der Waals surface area contributed by atoms with Crippen LogP contribution in [0, 0.1) is 37.9 Å². The molecule has 42 heavy (non-hydrogen) atoms. The van der Waals surface area contributed by atoms with Crippen molar-refractivity contribution in [3.8, 4) is 23.5 Å². The van der Waals surface area contributed by atoms with Crippen molar-refractivity contribution >= 4 is 50.2 Å². The zero-order valence-corrected chi connectivity index (χ0v) is 24.9. The highest BCUT2D eigenvalue weighted by Gasteiger charge is 2.44. The molecule has 4 aromatic rings. The quantitative estimate of drug-likeness (QED) is 0.189. The number of fused-ring (bicyclic) bond motifs is 1. The summed E-state index contributed by atoms with van der Waals surface area (Å²) in [5.74, 6) is 1.34. The van der Waals surface area contributed by atoms with Gasteiger partial charge in [0.05, 0.1) is 16.9 Å². The first-order valence-electron chi connectivity index (χ1n) is 13.2. The summed E-state index contributed by atoms with van der Waals surface area (Å²) in [4.78, 5) is 53.7. The number of hydrogen-bond acceptors (Lipinski definition) is 7. The van der Waals surface area contributed by atoms with Crippen LogP contribution < -0.4 is 5.32 Å². The van der Waals surface area contributed by atoms with Crippen LogP contribution in [0.4, 0.5) is 10.2 Å². The van der Waals surface area contributed by atoms with Crippen LogP contribution in [0.25, 0.3) is 22.0 Å². The number of anilines is 1. The summed E-state index contributed by atoms with van der Waals surface area (Å²) in [7, 11) is 0. The number of benzene rings is 1. The van der Waals surface area contributed by atoms with Crippen molar-refractivity contribution in [2.75, 3.05) is 5.32 Å². The van der Waals surface area contributed by atoms with E-state index in [1.54, 1.807) is 19.1 Å². The minimum atomic E-state index is -0.868. The van der Waals surface area contributed by atoms with E-state index >= 15 is 4.39 Å². The fraction of sp³-hybridized carbons (Fsp3) is 0.300. The number of aryl methyl sites for hydroxylation is 2. The third kappa shape index (κ3) is 5.27. The number of Topliss-reactive ketones (excluding diaryl/α,β-unsaturated/α-hetero) is 1. The fourth-order valence-corrected chi connectivity index (χ4v) is 5.57. The van der Waals surface area contributed by atoms with Gasteiger partial charge in [0.15, 0.2) is 5.78 Å². The molecule has 1 aliphatic rings. The standard InChI is InChI=1S/C30H27BrFN7O3/c1-6-21-16(3)11-23(30(42)36-29-15(2)7-10-24(31)35-29)39(21)25(41)14-38-22-9-8-20(19-12-33-18(5)34-13-19)27(32)26(22)28(37-38)17(4)40/h1,7-10,12-13,16,21,23H,11,14H2,2-5H3,(H,35,36,42)/t16-,21+,23-/m0/s1. The average molecular weight is 632 g/mol. The Kier molecular flexibility index (Phi) is 7.88. The van der Waals surface area contributed by atoms with Crippen LogP contribution >= 0.6 is 15.9 Å². The number of rotatable bonds is 6. The zero-order valence-electron chi connectivity index (χ0n) is 23.4. The van der Waals surface area contributed by atoms with Gasteiger partial charge in [0, 0.05) is 30.4 Å². The van der Waals surface area contributed by atoms with Crippen LogP contribution in [-0.2, 0) is 16.1 Å². The number of aromatic nitrogens is 5. The summed E-state index contributed by atoms with van der Waals surface area (Å²) in [5, 5.41) is 7.13. The average Bonchev–Trinajstić information content (AvgIpc) is 3.49. The molecule has 0 bridgehead atoms. The van der Waals surface area contributed by atoms with Gasteiger partial charge < -0.3 is 10.2 Å². The summed E-state index contributed by atoms with van der Waals surface area (Å²) in [6.45, 7) is 6.33. The molecule has 214 valence electrons. The highest BCUT2D eigenvalue weighted by atomic mass is 79.9. The van der Waals surface area contributed by atoms with Gasteiger partial charge in [-0.2, -0.15) is 5.10 Å². The molecule has 0 aliphatic carbocycles. The number of pyridine rings is 1. The molecule has 2 amide bonds. The van der Waals surface area contributed by atoms with Gasteiger partial charge in [-0.05, 0) is 65.9 Å². The molecule has 1 N–H and O–H groups in total. The maximum absolute atomic E-state index is 15.9. The number of carbonyl (C=O) groups is 3. The lowest BCUT2D eigenvalue weighted by Gasteiger charge is -2.28. The molecule has 4 heterocycles. The topological polar surface area (TPSA) is 123 Å². The van der Waals surface area contributed by atoms with Gasteiger partial charge in [-0.3, -0.25) is 19.1 Å². The smallest absolute Gasteiger partial charge is 0.248 e. The SMILES string of the molecule is C#C[C@@H]1[C@@H](C)C[C@@H](C(=O)Nc2nc(Br)ccc2C)N1C(=O)Cn1nc(C(C)=O)c2c(F)c(-c3cnc(C)nc3)ccc21. The Labute approximate surface area is 249 Å². The molecule has 1 fully saturated rings. The minimum Gasteiger partial charge on any atom is -0.315 e. The second-order valence-corrected chi connectivity index (χ2v) is 11.1. The summed E-state index contributed by atoms with van der Waals surface area (Å²) < 4.78 is 17.7. The second kappa shape index (κ2) is 11.4. The summed E-state index contributed by atoms with van der Waals surface area (Å²) in [5.41, 5.74) is 1.53. The molecule has 3 aromatic heterocycles. The highest BCUT2D eigenvalue weighted by molar-refractivity contribution is 9.10. The number of amides is 2. The first-order valence-corrected chi connectivity index (χ1v) is 14.0. The number of nitrogens with zero attached hydrogens (tertiary/aromatic N) is 6. The lowest BCUT2D eigenvalue weighted by molar-refractivity contribution is -0.138. The Balaban J connectivity index is 1.49. The van der Waals surface area contributed by atoms with Crippen molar-refractivity contribution in [2.45, 2.75) is 52.7 Å². The summed E-state index contributed by atoms with van der Waals surface area (Å²) in [6, 6.07) is 5.18. The van der Waals surface area contributed by atoms with Gasteiger partial charge in [-0.1, -0.05) is 18.9 Å². The fourth-order valence-electron chi connectivity index (χ4n) is 5.26. The molecule has 5 rings (SSSR count). The first kappa shape index (κ1) is 29.0. The van der Waals surface area contributed by atoms with Crippen molar-refractivity contribution in [1.82, 2.24) is 29.6 Å². The van der Waals surface area contributed by atoms with Crippen molar-refractivity contribution in [3.05, 3.63) is 64.2 Å². The summed E-state index contributed by atoms with van der Waals surface area (Å²) >= 11 is 3.31. The van der Waals surface area contributed by atoms with Crippen LogP contribution in [0.5, 0.6) is 0 Å². The molecule has 12 heteroatoms. The van der Waals surface area contributed by atoms with E-state index in [2.05, 4.69) is 47.2 Å². The predicted octanol–water partition coefficient (Wildman–Crippen LogP) is 4.49. The monoisotopic (exact) mass is 631 g/mol. The number of hydrogen-bond donors (Lipinski definition) is 1. The Bertz CT molecular complexity index is 1780. The predicted molar refractivity (Wildman–Crippen MR) is 158 cm³/mol. The number of ketones is 1. The second-order valence-electron chi connectivity index (χ2n) is 10.3. The van der Waals surface area contributed by atoms with E-state index in [1.807, 2.05) is 19.9 Å². The number of likely N-dealkylation sites (tertiary alicyclic amines) is 1. The molecule has 3 atom stereocenters. The Morgan fingerprint density at radius 2 is 1.88 bits per heavy atom. The number of nitrogens with one attached hydrogen (secondary N) is 1. The van der Waals surface area contributed by atoms with Crippen LogP contribution in [0.2, 0.25) is 0 Å². The van der Waals surface area contributed by atoms with Crippen molar-refractivity contribution in [2.24, 2.45) is 5.92 Å². The third-order valence-electron chi connectivity index (χ3n) is 7.40. The van der Waals surface area contributed by atoms with E-state index < -0.39 is 35.5 Å². The van der Waals surface area contributed by atoms with Crippen molar-refractivity contribution in [3.63, 3.8) is 0 Å². The molecule has 0 radical (unpaired) electrons. The van der Waals surface area contributed by atoms with Crippen LogP contribution in [0.15, 0.2) is 41.3 Å². The van der Waals surface area contributed by atoms with Crippen LogP contribution in [0.1, 0.15) is 42.1 Å². The van der Waals surface area contributed by atoms with Gasteiger partial charge in [-0.25, -0.2) is 19.3 Å². The van der Waals surface area contributed by atoms with E-state index in [4.69, 9.17) is 6.42 Å². The third-order valence-corrected chi connectivity index (χ3v) is 7.84. The Hall–Kier alpha value is -4.50. The number of halogens is 2. The Morgan fingerprint density at radius 3 is 2.55 bits per heavy atom. The van der Waals surface area contributed by atoms with Crippen LogP contribution in [0.3, 0.4) is 0 Å². The molecule has 1 aromatic carbocycles. The van der Waals surface area contributed by atoms with Crippen LogP contribution in [-0.4, -0.2) is 59.3 Å². The number of carbonyl (C=O) groups excluding carboxylic acids is 3. The van der Waals surface area contributed by atoms with Crippen molar-refractivity contribution < 1.29 is 18.8 Å². The van der Waals surface area contributed by atoms with Crippen molar-refractivity contribution in [1.29, 1.82) is 0 Å². The van der Waals surface area contributed by atoms with E-state index in [9.17, 15) is 14.4 Å². The molecule has 1 aliphatic heterocycles. The molecule has 0 spiro atoms. The minimum absolute atomic E-state index is 0.0119. The maximum Gasteiger partial charge on any atom is 0.248 e. The number of terminal acetylenes is 1. The van der Waals surface area contributed by atoms with Gasteiger partial charge in [0.2, 0.25) is 11.8 Å². The van der Waals surface area contributed by atoms with Gasteiger partial charge in [0.25, 0.3) is 0 Å². The van der Waals surface area contributed by atoms with Gasteiger partial charge >= 0.3 is 0 Å². The summed E-state index contributed by atoms with van der Waals surface area (Å²) in [6.07, 6.45) is 9.16. The molecular weight excluding hydrogens is 605 g/mol. The van der Waals surface area contributed by atoms with E-state index in [1.165, 1.54) is 35.0 Å². The normalized spacial score (nSPS) is 18.2. The first-order chi connectivity index (χ1) is 20.0. The lowest BCUT2D eigenvalue weighted by Crippen LogP contribution is -2.48. The van der Waals surface area contributed by atoms with Gasteiger partial charge in [0.1, 0.15) is 40.3 Å². The van der Waals surface area contributed by atoms with E-state index in [-0.39, 0.29) is 34.6 Å². The molecule has 1 saturated heterocycles. The van der Waals surface area contributed by atoms with E-state index in [0.717, 1.165) is 5.56 Å². The van der Waals surface area contributed by atoms with E-state index in [0.29, 0.717) is 28.2 Å². The highest BCUT2D eigenvalue weighted by Crippen LogP contribution is 2.33. The molecule has 0 unspecified atom stereocenters. The lowest BCUT2D eigenvalue weighted by atomic mass is 10.0. The Morgan fingerprint density at radius 1 is 1.17 bits per heavy atom. The molecular formula is C30H27BrFN7O3. The molecule has 0 saturated carbocycles. The zero-order chi connectivity index (χ0) is 30.3. The largest absolute Gasteiger partial charge is 0.315 e. The maximum atomic E-state index is 15.9.